The molecule has 0 aromatic rings. The summed E-state index contributed by atoms with van der Waals surface area (Å²) >= 11 is 0. The highest BCUT2D eigenvalue weighted by molar-refractivity contribution is 6.81. The first-order valence-corrected chi connectivity index (χ1v) is 17.1. The molecule has 5 heteroatoms. The lowest BCUT2D eigenvalue weighted by Gasteiger charge is -2.46. The lowest BCUT2D eigenvalue weighted by molar-refractivity contribution is -0.138. The molecule has 0 saturated heterocycles. The number of rotatable bonds is 14. The van der Waals surface area contributed by atoms with Crippen molar-refractivity contribution in [2.45, 2.75) is 116 Å². The molecule has 0 bridgehead atoms. The molecule has 0 N–H and O–H groups in total. The summed E-state index contributed by atoms with van der Waals surface area (Å²) in [5.74, 6) is -0.277. The van der Waals surface area contributed by atoms with Crippen molar-refractivity contribution in [1.29, 1.82) is 0 Å². The van der Waals surface area contributed by atoms with Crippen molar-refractivity contribution in [2.24, 2.45) is 0 Å². The van der Waals surface area contributed by atoms with Gasteiger partial charge in [0.25, 0.3) is 0 Å². The Morgan fingerprint density at radius 3 is 2.15 bits per heavy atom. The summed E-state index contributed by atoms with van der Waals surface area (Å²) < 4.78 is 12.3. The second-order valence-electron chi connectivity index (χ2n) is 9.55. The van der Waals surface area contributed by atoms with E-state index in [0.717, 1.165) is 18.9 Å². The molecule has 0 fully saturated rings. The third-order valence-electron chi connectivity index (χ3n) is 6.54. The molecule has 0 aliphatic heterocycles. The highest BCUT2D eigenvalue weighted by Gasteiger charge is 2.46. The molecule has 3 nitrogen and oxygen atoms in total. The van der Waals surface area contributed by atoms with Gasteiger partial charge in [-0.1, -0.05) is 72.7 Å². The summed E-state index contributed by atoms with van der Waals surface area (Å²) in [6.45, 7) is 24.8. The molecule has 160 valence electrons. The third kappa shape index (κ3) is 8.24. The number of unbranched alkanes of at least 4 members (excludes halogenated alkanes) is 1. The van der Waals surface area contributed by atoms with Gasteiger partial charge in [-0.2, -0.15) is 0 Å². The Bertz CT molecular complexity index is 474. The van der Waals surface area contributed by atoms with Gasteiger partial charge in [-0.25, -0.2) is 4.79 Å². The normalized spacial score (nSPS) is 15.9. The Morgan fingerprint density at radius 2 is 1.70 bits per heavy atom. The number of carbonyl (C=O) groups is 1. The van der Waals surface area contributed by atoms with E-state index in [1.54, 1.807) is 6.92 Å². The fraction of sp³-hybridized carbons (Fsp3) is 0.864. The second-order valence-corrected chi connectivity index (χ2v) is 19.1. The van der Waals surface area contributed by atoms with Crippen molar-refractivity contribution in [3.63, 3.8) is 0 Å². The maximum Gasteiger partial charge on any atom is 0.333 e. The number of esters is 1. The molecule has 0 aromatic carbocycles. The van der Waals surface area contributed by atoms with E-state index < -0.39 is 16.4 Å². The fourth-order valence-corrected chi connectivity index (χ4v) is 11.2. The highest BCUT2D eigenvalue weighted by atomic mass is 28.4. The van der Waals surface area contributed by atoms with Gasteiger partial charge in [-0.05, 0) is 44.3 Å². The van der Waals surface area contributed by atoms with E-state index in [2.05, 4.69) is 60.5 Å². The first-order chi connectivity index (χ1) is 12.4. The number of ether oxygens (including phenoxy) is 1. The Morgan fingerprint density at radius 1 is 1.11 bits per heavy atom. The predicted molar refractivity (Wildman–Crippen MR) is 124 cm³/mol. The molecular formula is C22H46O3Si2. The van der Waals surface area contributed by atoms with E-state index in [1.807, 2.05) is 0 Å². The number of hydrogen-bond acceptors (Lipinski definition) is 3. The second kappa shape index (κ2) is 11.6. The first kappa shape index (κ1) is 26.6. The standard InChI is InChI=1S/C22H46O3Si2/c1-11-14-16-22(6,13-3)27(9,10)25-20(12-2)26(7,8)18-15-17-24-21(23)19(4)5/h20H,4,11-18H2,1-3,5-10H3. The summed E-state index contributed by atoms with van der Waals surface area (Å²) in [6.07, 6.45) is 7.00. The molecule has 27 heavy (non-hydrogen) atoms. The van der Waals surface area contributed by atoms with Gasteiger partial charge in [-0.3, -0.25) is 0 Å². The molecule has 0 aliphatic carbocycles. The lowest BCUT2D eigenvalue weighted by atomic mass is 10.0. The van der Waals surface area contributed by atoms with Gasteiger partial charge in [0, 0.05) is 11.3 Å². The summed E-state index contributed by atoms with van der Waals surface area (Å²) in [6, 6.07) is 1.12. The molecule has 0 rings (SSSR count). The van der Waals surface area contributed by atoms with Crippen LogP contribution in [0.4, 0.5) is 0 Å². The third-order valence-corrected chi connectivity index (χ3v) is 15.1. The molecule has 2 atom stereocenters. The monoisotopic (exact) mass is 414 g/mol. The van der Waals surface area contributed by atoms with Crippen LogP contribution >= 0.6 is 0 Å². The Kier molecular flexibility index (Phi) is 11.4. The van der Waals surface area contributed by atoms with Crippen molar-refractivity contribution >= 4 is 22.4 Å². The van der Waals surface area contributed by atoms with Crippen LogP contribution in [0.2, 0.25) is 37.3 Å². The molecule has 0 amide bonds. The number of hydrogen-bond donors (Lipinski definition) is 0. The van der Waals surface area contributed by atoms with Crippen LogP contribution in [-0.4, -0.2) is 34.7 Å². The van der Waals surface area contributed by atoms with E-state index in [0.29, 0.717) is 22.9 Å². The van der Waals surface area contributed by atoms with Gasteiger partial charge in [0.1, 0.15) is 0 Å². The van der Waals surface area contributed by atoms with Crippen LogP contribution in [0.3, 0.4) is 0 Å². The van der Waals surface area contributed by atoms with Gasteiger partial charge in [0.2, 0.25) is 0 Å². The van der Waals surface area contributed by atoms with Gasteiger partial charge in [0.05, 0.1) is 14.7 Å². The Balaban J connectivity index is 4.95. The maximum atomic E-state index is 11.5. The summed E-state index contributed by atoms with van der Waals surface area (Å²) in [5, 5.41) is 0.331. The Labute approximate surface area is 171 Å². The molecule has 0 spiro atoms. The topological polar surface area (TPSA) is 35.5 Å². The SMILES string of the molecule is C=C(C)C(=O)OCCC[Si](C)(C)C(CC)O[Si](C)(C)C(C)(CC)CCCC. The van der Waals surface area contributed by atoms with Gasteiger partial charge in [0.15, 0.2) is 8.32 Å². The zero-order valence-corrected chi connectivity index (χ0v) is 21.7. The summed E-state index contributed by atoms with van der Waals surface area (Å²) in [5.41, 5.74) is 0.850. The zero-order valence-electron chi connectivity index (χ0n) is 19.7. The average Bonchev–Trinajstić information content (AvgIpc) is 2.60. The lowest BCUT2D eigenvalue weighted by Crippen LogP contribution is -2.53. The smallest absolute Gasteiger partial charge is 0.333 e. The van der Waals surface area contributed by atoms with Crippen molar-refractivity contribution < 1.29 is 14.0 Å². The predicted octanol–water partition coefficient (Wildman–Crippen LogP) is 7.10. The van der Waals surface area contributed by atoms with Crippen molar-refractivity contribution in [3.8, 4) is 0 Å². The van der Waals surface area contributed by atoms with E-state index in [1.165, 1.54) is 25.7 Å². The van der Waals surface area contributed by atoms with Crippen LogP contribution < -0.4 is 0 Å². The van der Waals surface area contributed by atoms with Gasteiger partial charge in [-0.15, -0.1) is 0 Å². The van der Waals surface area contributed by atoms with E-state index in [4.69, 9.17) is 9.16 Å². The van der Waals surface area contributed by atoms with Crippen LogP contribution in [0, 0.1) is 0 Å². The molecule has 0 aliphatic rings. The molecule has 0 aromatic heterocycles. The minimum atomic E-state index is -1.83. The molecular weight excluding hydrogens is 368 g/mol. The van der Waals surface area contributed by atoms with Crippen LogP contribution in [0.25, 0.3) is 0 Å². The molecule has 0 saturated carbocycles. The van der Waals surface area contributed by atoms with Crippen LogP contribution in [0.15, 0.2) is 12.2 Å². The number of carbonyl (C=O) groups excluding carboxylic acids is 1. The van der Waals surface area contributed by atoms with Crippen molar-refractivity contribution in [3.05, 3.63) is 12.2 Å². The fourth-order valence-electron chi connectivity index (χ4n) is 3.74. The zero-order chi connectivity index (χ0) is 21.3. The van der Waals surface area contributed by atoms with Gasteiger partial charge >= 0.3 is 5.97 Å². The quantitative estimate of drug-likeness (QED) is 0.131. The average molecular weight is 415 g/mol. The highest BCUT2D eigenvalue weighted by Crippen LogP contribution is 2.47. The Hall–Kier alpha value is -0.396. The van der Waals surface area contributed by atoms with Crippen molar-refractivity contribution in [1.82, 2.24) is 0 Å². The molecule has 2 unspecified atom stereocenters. The molecule has 0 radical (unpaired) electrons. The largest absolute Gasteiger partial charge is 0.462 e. The van der Waals surface area contributed by atoms with Gasteiger partial charge < -0.3 is 9.16 Å². The summed E-state index contributed by atoms with van der Waals surface area (Å²) in [7, 11) is -3.40. The minimum absolute atomic E-state index is 0.277. The van der Waals surface area contributed by atoms with E-state index >= 15 is 0 Å². The van der Waals surface area contributed by atoms with Crippen LogP contribution in [0.5, 0.6) is 0 Å². The van der Waals surface area contributed by atoms with E-state index in [9.17, 15) is 4.79 Å². The minimum Gasteiger partial charge on any atom is -0.462 e. The molecule has 0 heterocycles. The first-order valence-electron chi connectivity index (χ1n) is 10.9. The van der Waals surface area contributed by atoms with Crippen LogP contribution in [0.1, 0.15) is 73.1 Å². The summed E-state index contributed by atoms with van der Waals surface area (Å²) in [4.78, 5) is 11.5. The maximum absolute atomic E-state index is 11.5. The van der Waals surface area contributed by atoms with Crippen LogP contribution in [-0.2, 0) is 14.0 Å². The van der Waals surface area contributed by atoms with Crippen molar-refractivity contribution in [2.75, 3.05) is 6.61 Å². The van der Waals surface area contributed by atoms with E-state index in [-0.39, 0.29) is 5.97 Å².